The van der Waals surface area contributed by atoms with Crippen molar-refractivity contribution in [3.05, 3.63) is 24.5 Å². The van der Waals surface area contributed by atoms with Crippen molar-refractivity contribution in [1.29, 1.82) is 0 Å². The van der Waals surface area contributed by atoms with E-state index in [1.54, 1.807) is 29.1 Å². The van der Waals surface area contributed by atoms with Gasteiger partial charge >= 0.3 is 0 Å². The molecule has 1 aliphatic rings. The lowest BCUT2D eigenvalue weighted by Crippen LogP contribution is -2.23. The highest BCUT2D eigenvalue weighted by molar-refractivity contribution is 8.00. The van der Waals surface area contributed by atoms with Gasteiger partial charge in [-0.1, -0.05) is 11.8 Å². The Bertz CT molecular complexity index is 688. The summed E-state index contributed by atoms with van der Waals surface area (Å²) in [4.78, 5) is 12.3. The van der Waals surface area contributed by atoms with Crippen molar-refractivity contribution in [1.82, 2.24) is 14.8 Å². The first kappa shape index (κ1) is 14.7. The largest absolute Gasteiger partial charge is 0.486 e. The van der Waals surface area contributed by atoms with E-state index < -0.39 is 0 Å². The Kier molecular flexibility index (Phi) is 4.19. The van der Waals surface area contributed by atoms with E-state index in [1.165, 1.54) is 11.8 Å². The Hall–Kier alpha value is -2.22. The molecule has 0 radical (unpaired) electrons. The Balaban J connectivity index is 1.65. The van der Waals surface area contributed by atoms with Gasteiger partial charge in [-0.15, -0.1) is 10.2 Å². The number of hydrogen-bond acceptors (Lipinski definition) is 6. The molecule has 0 spiro atoms. The van der Waals surface area contributed by atoms with E-state index in [-0.39, 0.29) is 11.2 Å². The normalized spacial score (nSPS) is 14.5. The lowest BCUT2D eigenvalue weighted by Gasteiger charge is -2.19. The number of amides is 1. The maximum absolute atomic E-state index is 12.3. The summed E-state index contributed by atoms with van der Waals surface area (Å²) >= 11 is 1.35. The number of nitrogens with one attached hydrogen (secondary N) is 1. The lowest BCUT2D eigenvalue weighted by atomic mass is 10.2. The van der Waals surface area contributed by atoms with Crippen LogP contribution in [0, 0.1) is 0 Å². The van der Waals surface area contributed by atoms with E-state index >= 15 is 0 Å². The van der Waals surface area contributed by atoms with Crippen molar-refractivity contribution in [2.24, 2.45) is 7.05 Å². The molecule has 0 saturated heterocycles. The van der Waals surface area contributed by atoms with Gasteiger partial charge < -0.3 is 19.4 Å². The summed E-state index contributed by atoms with van der Waals surface area (Å²) in [5.74, 6) is 1.24. The van der Waals surface area contributed by atoms with Crippen molar-refractivity contribution < 1.29 is 14.3 Å². The fraction of sp³-hybridized carbons (Fsp3) is 0.357. The number of carbonyl (C=O) groups excluding carboxylic acids is 1. The van der Waals surface area contributed by atoms with Crippen LogP contribution < -0.4 is 14.8 Å². The van der Waals surface area contributed by atoms with E-state index in [2.05, 4.69) is 15.5 Å². The highest BCUT2D eigenvalue weighted by Crippen LogP contribution is 2.33. The number of benzene rings is 1. The summed E-state index contributed by atoms with van der Waals surface area (Å²) in [5.41, 5.74) is 0.680. The predicted octanol–water partition coefficient (Wildman–Crippen LogP) is 1.71. The molecule has 8 heteroatoms. The van der Waals surface area contributed by atoms with Gasteiger partial charge in [0.15, 0.2) is 16.7 Å². The first-order chi connectivity index (χ1) is 10.6. The van der Waals surface area contributed by atoms with Gasteiger partial charge in [0.25, 0.3) is 0 Å². The van der Waals surface area contributed by atoms with Gasteiger partial charge in [0.2, 0.25) is 5.91 Å². The molecule has 2 aromatic rings. The molecule has 0 unspecified atom stereocenters. The summed E-state index contributed by atoms with van der Waals surface area (Å²) in [7, 11) is 1.84. The molecular formula is C14H16N4O3S. The van der Waals surface area contributed by atoms with E-state index in [4.69, 9.17) is 9.47 Å². The number of anilines is 1. The quantitative estimate of drug-likeness (QED) is 0.864. The molecule has 1 N–H and O–H groups in total. The molecule has 1 aromatic heterocycles. The van der Waals surface area contributed by atoms with Crippen molar-refractivity contribution in [2.45, 2.75) is 17.3 Å². The van der Waals surface area contributed by atoms with Crippen LogP contribution in [0.5, 0.6) is 11.5 Å². The summed E-state index contributed by atoms with van der Waals surface area (Å²) < 4.78 is 12.7. The van der Waals surface area contributed by atoms with Crippen molar-refractivity contribution in [2.75, 3.05) is 18.5 Å². The van der Waals surface area contributed by atoms with Crippen molar-refractivity contribution >= 4 is 23.4 Å². The number of carbonyl (C=O) groups is 1. The molecule has 0 saturated carbocycles. The van der Waals surface area contributed by atoms with Crippen LogP contribution >= 0.6 is 11.8 Å². The minimum Gasteiger partial charge on any atom is -0.486 e. The van der Waals surface area contributed by atoms with Crippen LogP contribution in [0.15, 0.2) is 29.7 Å². The third-order valence-electron chi connectivity index (χ3n) is 3.13. The molecule has 1 atom stereocenters. The summed E-state index contributed by atoms with van der Waals surface area (Å²) in [6, 6.07) is 5.36. The zero-order valence-electron chi connectivity index (χ0n) is 12.3. The Morgan fingerprint density at radius 3 is 2.86 bits per heavy atom. The molecule has 7 nitrogen and oxygen atoms in total. The van der Waals surface area contributed by atoms with Gasteiger partial charge in [0.05, 0.1) is 5.25 Å². The number of aryl methyl sites for hydroxylation is 1. The second kappa shape index (κ2) is 6.27. The lowest BCUT2D eigenvalue weighted by molar-refractivity contribution is -0.115. The monoisotopic (exact) mass is 320 g/mol. The van der Waals surface area contributed by atoms with Gasteiger partial charge in [-0.3, -0.25) is 4.79 Å². The van der Waals surface area contributed by atoms with Gasteiger partial charge in [0, 0.05) is 18.8 Å². The zero-order chi connectivity index (χ0) is 15.5. The first-order valence-corrected chi connectivity index (χ1v) is 7.72. The van der Waals surface area contributed by atoms with Crippen LogP contribution in [-0.4, -0.2) is 39.1 Å². The minimum absolute atomic E-state index is 0.107. The number of thioether (sulfide) groups is 1. The van der Waals surface area contributed by atoms with E-state index in [9.17, 15) is 4.79 Å². The molecule has 116 valence electrons. The van der Waals surface area contributed by atoms with Crippen LogP contribution in [0.3, 0.4) is 0 Å². The Morgan fingerprint density at radius 2 is 2.14 bits per heavy atom. The second-order valence-corrected chi connectivity index (χ2v) is 6.14. The van der Waals surface area contributed by atoms with Crippen LogP contribution in [0.2, 0.25) is 0 Å². The second-order valence-electron chi connectivity index (χ2n) is 4.83. The molecule has 22 heavy (non-hydrogen) atoms. The predicted molar refractivity (Wildman–Crippen MR) is 82.4 cm³/mol. The summed E-state index contributed by atoms with van der Waals surface area (Å²) in [6.45, 7) is 2.89. The average Bonchev–Trinajstić information content (AvgIpc) is 2.92. The van der Waals surface area contributed by atoms with Crippen LogP contribution in [0.1, 0.15) is 6.92 Å². The molecule has 1 amide bonds. The first-order valence-electron chi connectivity index (χ1n) is 6.84. The number of ether oxygens (including phenoxy) is 2. The number of hydrogen-bond donors (Lipinski definition) is 1. The molecule has 1 aliphatic heterocycles. The van der Waals surface area contributed by atoms with Crippen molar-refractivity contribution in [3.8, 4) is 11.5 Å². The maximum atomic E-state index is 12.3. The van der Waals surface area contributed by atoms with E-state index in [0.717, 1.165) is 0 Å². The molecule has 1 aromatic carbocycles. The van der Waals surface area contributed by atoms with Gasteiger partial charge in [-0.05, 0) is 19.1 Å². The molecule has 0 fully saturated rings. The molecular weight excluding hydrogens is 304 g/mol. The third kappa shape index (κ3) is 3.16. The van der Waals surface area contributed by atoms with Crippen LogP contribution in [0.25, 0.3) is 0 Å². The number of aromatic nitrogens is 3. The highest BCUT2D eigenvalue weighted by atomic mass is 32.2. The molecule has 3 rings (SSSR count). The number of nitrogens with zero attached hydrogens (tertiary/aromatic N) is 3. The standard InChI is InChI=1S/C14H16N4O3S/c1-9(22-14-17-15-8-18(14)2)13(19)16-10-3-4-11-12(7-10)21-6-5-20-11/h3-4,7-9H,5-6H2,1-2H3,(H,16,19)/t9-/m1/s1. The van der Waals surface area contributed by atoms with E-state index in [0.29, 0.717) is 35.6 Å². The van der Waals surface area contributed by atoms with E-state index in [1.807, 2.05) is 14.0 Å². The molecule has 2 heterocycles. The Morgan fingerprint density at radius 1 is 1.36 bits per heavy atom. The van der Waals surface area contributed by atoms with Crippen molar-refractivity contribution in [3.63, 3.8) is 0 Å². The summed E-state index contributed by atoms with van der Waals surface area (Å²) in [5, 5.41) is 11.0. The minimum atomic E-state index is -0.295. The van der Waals surface area contributed by atoms with Gasteiger partial charge in [-0.25, -0.2) is 0 Å². The maximum Gasteiger partial charge on any atom is 0.237 e. The smallest absolute Gasteiger partial charge is 0.237 e. The third-order valence-corrected chi connectivity index (χ3v) is 4.28. The van der Waals surface area contributed by atoms with Gasteiger partial charge in [0.1, 0.15) is 19.5 Å². The highest BCUT2D eigenvalue weighted by Gasteiger charge is 2.18. The fourth-order valence-corrected chi connectivity index (χ4v) is 2.75. The number of rotatable bonds is 4. The van der Waals surface area contributed by atoms with Crippen LogP contribution in [-0.2, 0) is 11.8 Å². The SMILES string of the molecule is C[C@@H](Sc1nncn1C)C(=O)Nc1ccc2c(c1)OCCO2. The fourth-order valence-electron chi connectivity index (χ4n) is 1.96. The zero-order valence-corrected chi connectivity index (χ0v) is 13.1. The van der Waals surface area contributed by atoms with Gasteiger partial charge in [-0.2, -0.15) is 0 Å². The Labute approximate surface area is 132 Å². The van der Waals surface area contributed by atoms with Crippen LogP contribution in [0.4, 0.5) is 5.69 Å². The average molecular weight is 320 g/mol. The molecule has 0 bridgehead atoms. The topological polar surface area (TPSA) is 78.3 Å². The summed E-state index contributed by atoms with van der Waals surface area (Å²) in [6.07, 6.45) is 1.60. The number of fused-ring (bicyclic) bond motifs is 1. The molecule has 0 aliphatic carbocycles.